The topological polar surface area (TPSA) is 84.4 Å². The summed E-state index contributed by atoms with van der Waals surface area (Å²) in [7, 11) is 2.30. The van der Waals surface area contributed by atoms with Crippen molar-refractivity contribution >= 4 is 29.3 Å². The Morgan fingerprint density at radius 3 is 2.57 bits per heavy atom. The van der Waals surface area contributed by atoms with Gasteiger partial charge in [0.05, 0.1) is 21.4 Å². The molecule has 0 bridgehead atoms. The van der Waals surface area contributed by atoms with E-state index in [1.165, 1.54) is 18.5 Å². The third-order valence-corrected chi connectivity index (χ3v) is 8.07. The number of hydrogen-bond donors (Lipinski definition) is 1. The molecule has 7 nitrogen and oxygen atoms in total. The van der Waals surface area contributed by atoms with Crippen LogP contribution < -0.4 is 10.1 Å². The highest BCUT2D eigenvalue weighted by atomic mass is 32.2. The van der Waals surface area contributed by atoms with Crippen LogP contribution in [0.1, 0.15) is 37.7 Å². The zero-order valence-corrected chi connectivity index (χ0v) is 17.7. The average Bonchev–Trinajstić information content (AvgIpc) is 2.66. The number of hydrogen-bond acceptors (Lipinski definition) is 7. The highest BCUT2D eigenvalue weighted by molar-refractivity contribution is 7.92. The van der Waals surface area contributed by atoms with Crippen molar-refractivity contribution < 1.29 is 17.5 Å². The molecule has 0 atom stereocenters. The lowest BCUT2D eigenvalue weighted by molar-refractivity contribution is 0.130. The van der Waals surface area contributed by atoms with Crippen LogP contribution in [0.2, 0.25) is 0 Å². The molecule has 0 spiro atoms. The van der Waals surface area contributed by atoms with Gasteiger partial charge in [-0.2, -0.15) is 0 Å². The molecule has 1 aliphatic carbocycles. The fraction of sp³-hybridized carbons (Fsp3) is 0.500. The van der Waals surface area contributed by atoms with Gasteiger partial charge in [-0.15, -0.1) is 0 Å². The van der Waals surface area contributed by atoms with E-state index in [4.69, 9.17) is 12.7 Å². The Morgan fingerprint density at radius 2 is 1.93 bits per heavy atom. The molecule has 158 valence electrons. The molecule has 1 aromatic heterocycles. The highest BCUT2D eigenvalue weighted by Crippen LogP contribution is 2.33. The molecule has 1 N–H and O–H groups in total. The van der Waals surface area contributed by atoms with Gasteiger partial charge in [0.1, 0.15) is 24.1 Å². The van der Waals surface area contributed by atoms with Crippen molar-refractivity contribution in [3.8, 4) is 5.88 Å². The first kappa shape index (κ1) is 21.1. The number of nitrogens with one attached hydrogen (secondary N) is 1. The van der Waals surface area contributed by atoms with Crippen LogP contribution >= 0.6 is 0 Å². The largest absolute Gasteiger partial charge is 0.474 e. The third-order valence-electron chi connectivity index (χ3n) is 5.81. The van der Waals surface area contributed by atoms with Crippen molar-refractivity contribution in [2.75, 3.05) is 18.4 Å². The molecule has 2 fully saturated rings. The third kappa shape index (κ3) is 4.29. The lowest BCUT2D eigenvalue weighted by atomic mass is 10.00. The molecule has 1 saturated carbocycles. The van der Waals surface area contributed by atoms with Crippen LogP contribution in [-0.4, -0.2) is 55.6 Å². The van der Waals surface area contributed by atoms with Crippen molar-refractivity contribution in [3.05, 3.63) is 35.9 Å². The summed E-state index contributed by atoms with van der Waals surface area (Å²) < 4.78 is 45.7. The number of rotatable bonds is 6. The summed E-state index contributed by atoms with van der Waals surface area (Å²) in [5, 5.41) is 2.53. The summed E-state index contributed by atoms with van der Waals surface area (Å²) in [5.74, 6) is 0.198. The summed E-state index contributed by atoms with van der Waals surface area (Å²) in [6, 6.07) is 3.94. The number of aromatic nitrogens is 2. The predicted octanol–water partition coefficient (Wildman–Crippen LogP) is 2.92. The highest BCUT2D eigenvalue weighted by Gasteiger charge is 2.33. The van der Waals surface area contributed by atoms with Gasteiger partial charge in [-0.05, 0) is 63.9 Å². The molecule has 1 saturated heterocycles. The lowest BCUT2D eigenvalue weighted by Gasteiger charge is -2.29. The average molecular weight is 430 g/mol. The standard InChI is InChI=1S/C20H24BFN4O3S/c1-13-19(23-12-24-20(13)29-14-7-9-26(21)10-8-14)25-18-6-5-16(11-17(18)22)30(27,28)15-3-2-4-15/h5-6,11-12,14-15H,2-4,7-10H2,1H3,(H,23,24,25). The normalized spacial score (nSPS) is 18.7. The number of piperidine rings is 1. The second-order valence-electron chi connectivity index (χ2n) is 7.87. The minimum atomic E-state index is -3.48. The van der Waals surface area contributed by atoms with Crippen molar-refractivity contribution in [1.82, 2.24) is 14.8 Å². The zero-order valence-electron chi connectivity index (χ0n) is 16.8. The molecule has 1 aliphatic heterocycles. The van der Waals surface area contributed by atoms with Gasteiger partial charge in [0, 0.05) is 0 Å². The van der Waals surface area contributed by atoms with E-state index in [0.717, 1.165) is 38.4 Å². The SMILES string of the molecule is [B]N1CCC(Oc2ncnc(Nc3ccc(S(=O)(=O)C4CCC4)cc3F)c2C)CC1. The summed E-state index contributed by atoms with van der Waals surface area (Å²) in [5.41, 5.74) is 0.796. The van der Waals surface area contributed by atoms with Crippen LogP contribution in [0.3, 0.4) is 0 Å². The molecule has 2 aliphatic rings. The molecule has 30 heavy (non-hydrogen) atoms. The van der Waals surface area contributed by atoms with Gasteiger partial charge < -0.3 is 14.9 Å². The van der Waals surface area contributed by atoms with E-state index in [-0.39, 0.29) is 16.7 Å². The number of nitrogens with zero attached hydrogens (tertiary/aromatic N) is 3. The second-order valence-corrected chi connectivity index (χ2v) is 10.1. The predicted molar refractivity (Wildman–Crippen MR) is 112 cm³/mol. The van der Waals surface area contributed by atoms with Crippen LogP contribution in [-0.2, 0) is 9.84 Å². The molecule has 2 heterocycles. The van der Waals surface area contributed by atoms with Crippen LogP contribution in [0.25, 0.3) is 0 Å². The number of ether oxygens (including phenoxy) is 1. The van der Waals surface area contributed by atoms with Gasteiger partial charge in [0.2, 0.25) is 5.88 Å². The van der Waals surface area contributed by atoms with Crippen LogP contribution in [0.4, 0.5) is 15.9 Å². The monoisotopic (exact) mass is 430 g/mol. The van der Waals surface area contributed by atoms with E-state index in [1.807, 2.05) is 0 Å². The Bertz CT molecular complexity index is 1020. The van der Waals surface area contributed by atoms with E-state index in [2.05, 4.69) is 15.3 Å². The van der Waals surface area contributed by atoms with Crippen molar-refractivity contribution in [3.63, 3.8) is 0 Å². The minimum Gasteiger partial charge on any atom is -0.474 e. The molecule has 0 amide bonds. The second kappa shape index (κ2) is 8.51. The van der Waals surface area contributed by atoms with Crippen molar-refractivity contribution in [2.24, 2.45) is 0 Å². The van der Waals surface area contributed by atoms with Gasteiger partial charge in [0.25, 0.3) is 0 Å². The van der Waals surface area contributed by atoms with Gasteiger partial charge in [-0.3, -0.25) is 0 Å². The minimum absolute atomic E-state index is 0.0129. The maximum absolute atomic E-state index is 14.7. The number of anilines is 2. The fourth-order valence-corrected chi connectivity index (χ4v) is 5.47. The van der Waals surface area contributed by atoms with Gasteiger partial charge in [-0.1, -0.05) is 6.42 Å². The lowest BCUT2D eigenvalue weighted by Crippen LogP contribution is -2.36. The Labute approximate surface area is 177 Å². The Kier molecular flexibility index (Phi) is 5.97. The smallest absolute Gasteiger partial charge is 0.221 e. The van der Waals surface area contributed by atoms with Crippen LogP contribution in [0.5, 0.6) is 5.88 Å². The fourth-order valence-electron chi connectivity index (χ4n) is 3.61. The number of sulfone groups is 1. The number of halogens is 1. The first-order valence-electron chi connectivity index (χ1n) is 10.1. The maximum atomic E-state index is 14.7. The zero-order chi connectivity index (χ0) is 21.3. The molecular formula is C20H24BFN4O3S. The van der Waals surface area contributed by atoms with Gasteiger partial charge in [-0.25, -0.2) is 22.8 Å². The molecule has 2 radical (unpaired) electrons. The summed E-state index contributed by atoms with van der Waals surface area (Å²) in [4.78, 5) is 10.2. The molecular weight excluding hydrogens is 406 g/mol. The van der Waals surface area contributed by atoms with Gasteiger partial charge >= 0.3 is 0 Å². The Hall–Kier alpha value is -2.20. The quantitative estimate of drug-likeness (QED) is 0.706. The Morgan fingerprint density at radius 1 is 1.20 bits per heavy atom. The van der Waals surface area contributed by atoms with E-state index >= 15 is 0 Å². The number of benzene rings is 1. The van der Waals surface area contributed by atoms with Gasteiger partial charge in [0.15, 0.2) is 17.8 Å². The maximum Gasteiger partial charge on any atom is 0.221 e. The summed E-state index contributed by atoms with van der Waals surface area (Å²) >= 11 is 0. The van der Waals surface area contributed by atoms with E-state index in [0.29, 0.717) is 30.1 Å². The van der Waals surface area contributed by atoms with E-state index < -0.39 is 20.9 Å². The molecule has 1 aromatic carbocycles. The van der Waals surface area contributed by atoms with Crippen molar-refractivity contribution in [1.29, 1.82) is 0 Å². The van der Waals surface area contributed by atoms with E-state index in [9.17, 15) is 12.8 Å². The summed E-state index contributed by atoms with van der Waals surface area (Å²) in [6.07, 6.45) is 5.14. The van der Waals surface area contributed by atoms with E-state index in [1.54, 1.807) is 11.7 Å². The summed E-state index contributed by atoms with van der Waals surface area (Å²) in [6.45, 7) is 3.30. The van der Waals surface area contributed by atoms with Crippen LogP contribution in [0, 0.1) is 12.7 Å². The molecule has 4 rings (SSSR count). The Balaban J connectivity index is 1.50. The van der Waals surface area contributed by atoms with Crippen molar-refractivity contribution in [2.45, 2.75) is 55.3 Å². The first-order valence-corrected chi connectivity index (χ1v) is 11.7. The van der Waals surface area contributed by atoms with Crippen LogP contribution in [0.15, 0.2) is 29.4 Å². The molecule has 0 unspecified atom stereocenters. The first-order chi connectivity index (χ1) is 14.3. The molecule has 10 heteroatoms. The molecule has 2 aromatic rings.